The van der Waals surface area contributed by atoms with E-state index in [1.807, 2.05) is 0 Å². The molecule has 1 spiro atoms. The molecule has 0 saturated carbocycles. The van der Waals surface area contributed by atoms with Crippen LogP contribution in [0.1, 0.15) is 41.6 Å². The summed E-state index contributed by atoms with van der Waals surface area (Å²) in [6.45, 7) is 1.73. The number of methoxy groups -OCH3 is 5. The van der Waals surface area contributed by atoms with Crippen molar-refractivity contribution >= 4 is 29.1 Å². The fourth-order valence-electron chi connectivity index (χ4n) is 5.78. The number of amides is 1. The lowest BCUT2D eigenvalue weighted by atomic mass is 9.66. The van der Waals surface area contributed by atoms with Crippen molar-refractivity contribution in [3.8, 4) is 34.5 Å². The molecule has 0 fully saturated rings. The predicted octanol–water partition coefficient (Wildman–Crippen LogP) is 3.86. The number of hydrogen-bond donors (Lipinski definition) is 1. The molecule has 2 aromatic carbocycles. The maximum absolute atomic E-state index is 14.5. The van der Waals surface area contributed by atoms with E-state index >= 15 is 0 Å². The fourth-order valence-corrected chi connectivity index (χ4v) is 6.04. The van der Waals surface area contributed by atoms with E-state index in [0.717, 1.165) is 0 Å². The molecule has 5 rings (SSSR count). The van der Waals surface area contributed by atoms with E-state index in [1.165, 1.54) is 41.6 Å². The summed E-state index contributed by atoms with van der Waals surface area (Å²) in [5.74, 6) is -1.10. The van der Waals surface area contributed by atoms with Crippen molar-refractivity contribution in [3.05, 3.63) is 45.6 Å². The van der Waals surface area contributed by atoms with E-state index < -0.39 is 29.0 Å². The third kappa shape index (κ3) is 3.72. The van der Waals surface area contributed by atoms with Crippen molar-refractivity contribution in [1.82, 2.24) is 5.32 Å². The van der Waals surface area contributed by atoms with Crippen molar-refractivity contribution < 1.29 is 42.8 Å². The van der Waals surface area contributed by atoms with Gasteiger partial charge in [-0.3, -0.25) is 14.4 Å². The highest BCUT2D eigenvalue weighted by Gasteiger charge is 2.63. The molecular formula is C28H28ClNO9. The van der Waals surface area contributed by atoms with Gasteiger partial charge in [-0.15, -0.1) is 0 Å². The number of Topliss-reactive ketones (excluding diaryl/α,β-unsaturated/α-hetero) is 2. The molecule has 39 heavy (non-hydrogen) atoms. The molecule has 1 amide bonds. The Balaban J connectivity index is 1.68. The van der Waals surface area contributed by atoms with Crippen LogP contribution in [0.15, 0.2) is 29.5 Å². The molecule has 3 atom stereocenters. The van der Waals surface area contributed by atoms with Crippen LogP contribution in [0.4, 0.5) is 0 Å². The zero-order chi connectivity index (χ0) is 28.2. The van der Waals surface area contributed by atoms with Crippen molar-refractivity contribution in [3.63, 3.8) is 0 Å². The van der Waals surface area contributed by atoms with Crippen LogP contribution in [0.5, 0.6) is 34.5 Å². The standard InChI is InChI=1S/C28H28ClNO9/c1-12-7-15-21(14(10-20(31)30-15)13-8-18(36-4)24(38-6)19(9-13)37-5)26(32)28(12)27(33)22-16(34-2)11-17(35-3)23(29)25(22)39-28/h8-9,11-12,14H,7,10H2,1-6H3,(H,30,31)/t12-,14+,28+/m1/s1. The van der Waals surface area contributed by atoms with Gasteiger partial charge in [-0.05, 0) is 24.1 Å². The number of allylic oxidation sites excluding steroid dienone is 1. The summed E-state index contributed by atoms with van der Waals surface area (Å²) in [6, 6.07) is 4.89. The van der Waals surface area contributed by atoms with Crippen LogP contribution in [0.25, 0.3) is 0 Å². The molecule has 0 bridgehead atoms. The summed E-state index contributed by atoms with van der Waals surface area (Å²) >= 11 is 6.55. The van der Waals surface area contributed by atoms with Gasteiger partial charge in [-0.25, -0.2) is 0 Å². The van der Waals surface area contributed by atoms with E-state index in [2.05, 4.69) is 5.32 Å². The summed E-state index contributed by atoms with van der Waals surface area (Å²) in [5.41, 5.74) is -0.492. The molecule has 11 heteroatoms. The zero-order valence-electron chi connectivity index (χ0n) is 22.4. The molecule has 1 aliphatic carbocycles. The second-order valence-corrected chi connectivity index (χ2v) is 9.93. The number of hydrogen-bond acceptors (Lipinski definition) is 9. The fraction of sp³-hybridized carbons (Fsp3) is 0.393. The van der Waals surface area contributed by atoms with Crippen molar-refractivity contribution in [2.45, 2.75) is 31.3 Å². The number of rotatable bonds is 6. The molecule has 206 valence electrons. The Kier molecular flexibility index (Phi) is 6.62. The second kappa shape index (κ2) is 9.68. The zero-order valence-corrected chi connectivity index (χ0v) is 23.1. The van der Waals surface area contributed by atoms with Gasteiger partial charge in [-0.1, -0.05) is 18.5 Å². The summed E-state index contributed by atoms with van der Waals surface area (Å²) in [5, 5.41) is 2.91. The topological polar surface area (TPSA) is 119 Å². The Labute approximate surface area is 230 Å². The van der Waals surface area contributed by atoms with Crippen LogP contribution >= 0.6 is 11.6 Å². The first-order chi connectivity index (χ1) is 18.7. The second-order valence-electron chi connectivity index (χ2n) is 9.56. The molecule has 0 radical (unpaired) electrons. The van der Waals surface area contributed by atoms with Gasteiger partial charge in [-0.2, -0.15) is 0 Å². The minimum atomic E-state index is -1.90. The van der Waals surface area contributed by atoms with Gasteiger partial charge in [0.25, 0.3) is 0 Å². The molecule has 0 saturated heterocycles. The Morgan fingerprint density at radius 2 is 1.46 bits per heavy atom. The molecule has 2 heterocycles. The number of benzene rings is 2. The molecule has 0 unspecified atom stereocenters. The first-order valence-corrected chi connectivity index (χ1v) is 12.6. The molecule has 1 N–H and O–H groups in total. The maximum Gasteiger partial charge on any atom is 0.236 e. The van der Waals surface area contributed by atoms with Gasteiger partial charge in [0.05, 0.1) is 35.5 Å². The first kappa shape index (κ1) is 26.7. The van der Waals surface area contributed by atoms with E-state index in [4.69, 9.17) is 40.0 Å². The number of fused-ring (bicyclic) bond motifs is 1. The molecule has 0 aromatic heterocycles. The molecule has 2 aromatic rings. The highest BCUT2D eigenvalue weighted by atomic mass is 35.5. The van der Waals surface area contributed by atoms with E-state index in [9.17, 15) is 14.4 Å². The first-order valence-electron chi connectivity index (χ1n) is 12.2. The van der Waals surface area contributed by atoms with Crippen LogP contribution < -0.4 is 33.7 Å². The van der Waals surface area contributed by atoms with Crippen molar-refractivity contribution in [2.75, 3.05) is 35.5 Å². The van der Waals surface area contributed by atoms with Gasteiger partial charge < -0.3 is 33.7 Å². The van der Waals surface area contributed by atoms with Crippen molar-refractivity contribution in [1.29, 1.82) is 0 Å². The van der Waals surface area contributed by atoms with Gasteiger partial charge >= 0.3 is 0 Å². The molecule has 3 aliphatic rings. The lowest BCUT2D eigenvalue weighted by Gasteiger charge is -2.41. The summed E-state index contributed by atoms with van der Waals surface area (Å²) < 4.78 is 33.5. The van der Waals surface area contributed by atoms with Gasteiger partial charge in [0, 0.05) is 35.6 Å². The number of ether oxygens (including phenoxy) is 6. The summed E-state index contributed by atoms with van der Waals surface area (Å²) in [6.07, 6.45) is 0.178. The number of ketones is 2. The van der Waals surface area contributed by atoms with Crippen LogP contribution in [0.3, 0.4) is 0 Å². The highest BCUT2D eigenvalue weighted by Crippen LogP contribution is 2.55. The smallest absolute Gasteiger partial charge is 0.236 e. The van der Waals surface area contributed by atoms with Crippen LogP contribution in [0, 0.1) is 5.92 Å². The van der Waals surface area contributed by atoms with Gasteiger partial charge in [0.1, 0.15) is 22.1 Å². The number of carbonyl (C=O) groups excluding carboxylic acids is 3. The number of halogens is 1. The van der Waals surface area contributed by atoms with Gasteiger partial charge in [0.15, 0.2) is 17.2 Å². The van der Waals surface area contributed by atoms with E-state index in [-0.39, 0.29) is 52.2 Å². The SMILES string of the molecule is COc1cc(OC)c2c(c1Cl)O[C@@]1(C(=O)C3=C(C[C@H]1C)NC(=O)C[C@H]3c1cc(OC)c(OC)c(OC)c1)C2=O. The van der Waals surface area contributed by atoms with Crippen LogP contribution in [-0.4, -0.2) is 58.6 Å². The molecule has 10 nitrogen and oxygen atoms in total. The maximum atomic E-state index is 14.5. The lowest BCUT2D eigenvalue weighted by molar-refractivity contribution is -0.131. The average molecular weight is 558 g/mol. The normalized spacial score (nSPS) is 23.6. The summed E-state index contributed by atoms with van der Waals surface area (Å²) in [4.78, 5) is 41.4. The Morgan fingerprint density at radius 3 is 2.03 bits per heavy atom. The average Bonchev–Trinajstić information content (AvgIpc) is 3.25. The van der Waals surface area contributed by atoms with E-state index in [0.29, 0.717) is 28.5 Å². The van der Waals surface area contributed by atoms with Crippen LogP contribution in [-0.2, 0) is 9.59 Å². The molecular weight excluding hydrogens is 530 g/mol. The molecule has 2 aliphatic heterocycles. The largest absolute Gasteiger partial charge is 0.496 e. The monoisotopic (exact) mass is 557 g/mol. The third-order valence-electron chi connectivity index (χ3n) is 7.65. The van der Waals surface area contributed by atoms with E-state index in [1.54, 1.807) is 19.1 Å². The number of carbonyl (C=O) groups is 3. The van der Waals surface area contributed by atoms with Crippen LogP contribution in [0.2, 0.25) is 5.02 Å². The van der Waals surface area contributed by atoms with Crippen molar-refractivity contribution in [2.24, 2.45) is 5.92 Å². The highest BCUT2D eigenvalue weighted by molar-refractivity contribution is 6.36. The quantitative estimate of drug-likeness (QED) is 0.528. The Morgan fingerprint density at radius 1 is 0.846 bits per heavy atom. The lowest BCUT2D eigenvalue weighted by Crippen LogP contribution is -2.59. The summed E-state index contributed by atoms with van der Waals surface area (Å²) in [7, 11) is 7.29. The minimum absolute atomic E-state index is 0.0336. The van der Waals surface area contributed by atoms with Gasteiger partial charge in [0.2, 0.25) is 28.8 Å². The predicted molar refractivity (Wildman–Crippen MR) is 140 cm³/mol. The third-order valence-corrected chi connectivity index (χ3v) is 8.01. The Bertz CT molecular complexity index is 1420. The Hall–Kier alpha value is -3.92. The minimum Gasteiger partial charge on any atom is -0.496 e. The number of nitrogens with one attached hydrogen (secondary N) is 1.